The van der Waals surface area contributed by atoms with E-state index in [1.54, 1.807) is 19.1 Å². The summed E-state index contributed by atoms with van der Waals surface area (Å²) >= 11 is 0. The van der Waals surface area contributed by atoms with Crippen LogP contribution >= 0.6 is 0 Å². The van der Waals surface area contributed by atoms with E-state index < -0.39 is 0 Å². The maximum atomic E-state index is 13.4. The standard InChI is InChI=1S/C13H13FN2O/c1-9-4-5-10(7-12(9)14)13(17)16-6-2-3-11(16)8-15/h4-5,7,11H,2-3,6H2,1H3. The molecule has 0 spiro atoms. The third-order valence-corrected chi connectivity index (χ3v) is 3.08. The summed E-state index contributed by atoms with van der Waals surface area (Å²) in [5, 5.41) is 8.91. The van der Waals surface area contributed by atoms with E-state index in [9.17, 15) is 9.18 Å². The summed E-state index contributed by atoms with van der Waals surface area (Å²) in [5.74, 6) is -0.642. The monoisotopic (exact) mass is 232 g/mol. The summed E-state index contributed by atoms with van der Waals surface area (Å²) in [4.78, 5) is 13.6. The minimum Gasteiger partial charge on any atom is -0.323 e. The molecule has 17 heavy (non-hydrogen) atoms. The maximum absolute atomic E-state index is 13.4. The zero-order valence-corrected chi connectivity index (χ0v) is 9.61. The third-order valence-electron chi connectivity index (χ3n) is 3.08. The Morgan fingerprint density at radius 1 is 1.59 bits per heavy atom. The first-order valence-corrected chi connectivity index (χ1v) is 5.60. The van der Waals surface area contributed by atoms with E-state index in [0.717, 1.165) is 6.42 Å². The minimum atomic E-state index is -0.386. The van der Waals surface area contributed by atoms with Crippen LogP contribution in [-0.4, -0.2) is 23.4 Å². The lowest BCUT2D eigenvalue weighted by Crippen LogP contribution is -2.34. The number of carbonyl (C=O) groups is 1. The van der Waals surface area contributed by atoms with Gasteiger partial charge in [0.1, 0.15) is 11.9 Å². The molecule has 1 aromatic rings. The van der Waals surface area contributed by atoms with Crippen molar-refractivity contribution >= 4 is 5.91 Å². The summed E-state index contributed by atoms with van der Waals surface area (Å²) in [7, 11) is 0. The van der Waals surface area contributed by atoms with Gasteiger partial charge in [0.15, 0.2) is 0 Å². The molecule has 1 unspecified atom stereocenters. The molecule has 4 heteroatoms. The van der Waals surface area contributed by atoms with Crippen molar-refractivity contribution in [2.24, 2.45) is 0 Å². The predicted molar refractivity (Wildman–Crippen MR) is 60.8 cm³/mol. The number of halogens is 1. The van der Waals surface area contributed by atoms with Gasteiger partial charge in [-0.2, -0.15) is 5.26 Å². The molecule has 1 saturated heterocycles. The van der Waals surface area contributed by atoms with E-state index in [1.165, 1.54) is 11.0 Å². The Morgan fingerprint density at radius 3 is 3.00 bits per heavy atom. The molecule has 0 bridgehead atoms. The first-order chi connectivity index (χ1) is 8.13. The molecule has 1 amide bonds. The molecule has 0 N–H and O–H groups in total. The molecule has 1 fully saturated rings. The first-order valence-electron chi connectivity index (χ1n) is 5.60. The van der Waals surface area contributed by atoms with Gasteiger partial charge in [-0.1, -0.05) is 6.07 Å². The molecule has 0 saturated carbocycles. The van der Waals surface area contributed by atoms with Crippen LogP contribution in [0.25, 0.3) is 0 Å². The van der Waals surface area contributed by atoms with Crippen molar-refractivity contribution in [2.75, 3.05) is 6.54 Å². The normalized spacial score (nSPS) is 19.1. The lowest BCUT2D eigenvalue weighted by molar-refractivity contribution is 0.0764. The fraction of sp³-hybridized carbons (Fsp3) is 0.385. The lowest BCUT2D eigenvalue weighted by Gasteiger charge is -2.19. The summed E-state index contributed by atoms with van der Waals surface area (Å²) in [6, 6.07) is 6.16. The van der Waals surface area contributed by atoms with E-state index >= 15 is 0 Å². The van der Waals surface area contributed by atoms with Gasteiger partial charge in [-0.25, -0.2) is 4.39 Å². The van der Waals surface area contributed by atoms with E-state index in [-0.39, 0.29) is 17.8 Å². The molecule has 1 heterocycles. The SMILES string of the molecule is Cc1ccc(C(=O)N2CCCC2C#N)cc1F. The molecule has 2 rings (SSSR count). The van der Waals surface area contributed by atoms with Crippen LogP contribution in [0.1, 0.15) is 28.8 Å². The average Bonchev–Trinajstić information content (AvgIpc) is 2.80. The van der Waals surface area contributed by atoms with Crippen LogP contribution in [0.5, 0.6) is 0 Å². The number of nitriles is 1. The van der Waals surface area contributed by atoms with Gasteiger partial charge in [-0.3, -0.25) is 4.79 Å². The minimum absolute atomic E-state index is 0.257. The fourth-order valence-corrected chi connectivity index (χ4v) is 2.04. The van der Waals surface area contributed by atoms with Gasteiger partial charge >= 0.3 is 0 Å². The number of hydrogen-bond acceptors (Lipinski definition) is 2. The fourth-order valence-electron chi connectivity index (χ4n) is 2.04. The van der Waals surface area contributed by atoms with Crippen LogP contribution in [0.3, 0.4) is 0 Å². The molecule has 88 valence electrons. The first kappa shape index (κ1) is 11.6. The van der Waals surface area contributed by atoms with Crippen molar-refractivity contribution in [3.05, 3.63) is 35.1 Å². The summed E-state index contributed by atoms with van der Waals surface area (Å²) in [6.07, 6.45) is 1.54. The van der Waals surface area contributed by atoms with Crippen molar-refractivity contribution in [3.8, 4) is 6.07 Å². The Labute approximate surface area is 99.5 Å². The number of hydrogen-bond donors (Lipinski definition) is 0. The van der Waals surface area contributed by atoms with Crippen molar-refractivity contribution in [1.82, 2.24) is 4.90 Å². The quantitative estimate of drug-likeness (QED) is 0.745. The Balaban J connectivity index is 2.25. The topological polar surface area (TPSA) is 44.1 Å². The van der Waals surface area contributed by atoms with Crippen LogP contribution < -0.4 is 0 Å². The molecular formula is C13H13FN2O. The van der Waals surface area contributed by atoms with Crippen molar-refractivity contribution < 1.29 is 9.18 Å². The highest BCUT2D eigenvalue weighted by atomic mass is 19.1. The second-order valence-corrected chi connectivity index (χ2v) is 4.25. The lowest BCUT2D eigenvalue weighted by atomic mass is 10.1. The predicted octanol–water partition coefficient (Wildman–Crippen LogP) is 2.26. The molecule has 1 aliphatic heterocycles. The van der Waals surface area contributed by atoms with Gasteiger partial charge in [-0.05, 0) is 37.5 Å². The van der Waals surface area contributed by atoms with Gasteiger partial charge < -0.3 is 4.90 Å². The molecule has 1 atom stereocenters. The zero-order chi connectivity index (χ0) is 12.4. The number of likely N-dealkylation sites (tertiary alicyclic amines) is 1. The number of rotatable bonds is 1. The molecule has 3 nitrogen and oxygen atoms in total. The van der Waals surface area contributed by atoms with Gasteiger partial charge in [0.2, 0.25) is 0 Å². The van der Waals surface area contributed by atoms with Crippen molar-refractivity contribution in [2.45, 2.75) is 25.8 Å². The Kier molecular flexibility index (Phi) is 3.10. The van der Waals surface area contributed by atoms with Crippen LogP contribution in [0.4, 0.5) is 4.39 Å². The molecule has 1 aliphatic rings. The maximum Gasteiger partial charge on any atom is 0.255 e. The molecular weight excluding hydrogens is 219 g/mol. The molecule has 0 aliphatic carbocycles. The smallest absolute Gasteiger partial charge is 0.255 e. The number of aryl methyl sites for hydroxylation is 1. The Hall–Kier alpha value is -1.89. The number of amides is 1. The average molecular weight is 232 g/mol. The highest BCUT2D eigenvalue weighted by Gasteiger charge is 2.29. The highest BCUT2D eigenvalue weighted by molar-refractivity contribution is 5.94. The number of benzene rings is 1. The third kappa shape index (κ3) is 2.14. The summed E-state index contributed by atoms with van der Waals surface area (Å²) in [6.45, 7) is 2.23. The van der Waals surface area contributed by atoms with Gasteiger partial charge in [0, 0.05) is 12.1 Å². The van der Waals surface area contributed by atoms with Crippen LogP contribution in [-0.2, 0) is 0 Å². The summed E-state index contributed by atoms with van der Waals surface area (Å²) < 4.78 is 13.4. The van der Waals surface area contributed by atoms with Crippen LogP contribution in [0.15, 0.2) is 18.2 Å². The van der Waals surface area contributed by atoms with Gasteiger partial charge in [0.25, 0.3) is 5.91 Å². The Bertz CT molecular complexity index is 493. The van der Waals surface area contributed by atoms with Crippen molar-refractivity contribution in [3.63, 3.8) is 0 Å². The van der Waals surface area contributed by atoms with Crippen molar-refractivity contribution in [1.29, 1.82) is 5.26 Å². The summed E-state index contributed by atoms with van der Waals surface area (Å²) in [5.41, 5.74) is 0.829. The number of carbonyl (C=O) groups excluding carboxylic acids is 1. The molecule has 1 aromatic carbocycles. The van der Waals surface area contributed by atoms with E-state index in [1.807, 2.05) is 0 Å². The second kappa shape index (κ2) is 4.54. The van der Waals surface area contributed by atoms with E-state index in [0.29, 0.717) is 24.1 Å². The van der Waals surface area contributed by atoms with Gasteiger partial charge in [0.05, 0.1) is 6.07 Å². The van der Waals surface area contributed by atoms with Gasteiger partial charge in [-0.15, -0.1) is 0 Å². The Morgan fingerprint density at radius 2 is 2.35 bits per heavy atom. The van der Waals surface area contributed by atoms with Crippen LogP contribution in [0, 0.1) is 24.1 Å². The largest absolute Gasteiger partial charge is 0.323 e. The second-order valence-electron chi connectivity index (χ2n) is 4.25. The molecule has 0 aromatic heterocycles. The highest BCUT2D eigenvalue weighted by Crippen LogP contribution is 2.20. The van der Waals surface area contributed by atoms with Crippen LogP contribution in [0.2, 0.25) is 0 Å². The molecule has 0 radical (unpaired) electrons. The number of nitrogens with zero attached hydrogens (tertiary/aromatic N) is 2. The van der Waals surface area contributed by atoms with E-state index in [2.05, 4.69) is 6.07 Å². The zero-order valence-electron chi connectivity index (χ0n) is 9.61. The van der Waals surface area contributed by atoms with E-state index in [4.69, 9.17) is 5.26 Å².